The van der Waals surface area contributed by atoms with Crippen LogP contribution >= 0.6 is 0 Å². The van der Waals surface area contributed by atoms with E-state index in [-0.39, 0.29) is 11.7 Å². The average Bonchev–Trinajstić information content (AvgIpc) is 3.04. The Labute approximate surface area is 141 Å². The molecule has 0 spiro atoms. The maximum Gasteiger partial charge on any atom is 0.333 e. The van der Waals surface area contributed by atoms with Gasteiger partial charge in [-0.15, -0.1) is 0 Å². The highest BCUT2D eigenvalue weighted by Crippen LogP contribution is 2.41. The second-order valence-electron chi connectivity index (χ2n) is 7.20. The lowest BCUT2D eigenvalue weighted by atomic mass is 9.56. The van der Waals surface area contributed by atoms with Gasteiger partial charge in [0.25, 0.3) is 6.98 Å². The maximum atomic E-state index is 4.26. The molecule has 0 radical (unpaired) electrons. The molecule has 0 saturated carbocycles. The van der Waals surface area contributed by atoms with Crippen LogP contribution in [0.3, 0.4) is 0 Å². The fraction of sp³-hybridized carbons (Fsp3) is 0.929. The van der Waals surface area contributed by atoms with E-state index in [4.69, 9.17) is 0 Å². The Morgan fingerprint density at radius 3 is 2.30 bits per heavy atom. The number of hydrogen-bond donors (Lipinski definition) is 0. The molecule has 2 aliphatic rings. The summed E-state index contributed by atoms with van der Waals surface area (Å²) in [6, 6.07) is 0. The van der Waals surface area contributed by atoms with Crippen molar-refractivity contribution in [1.82, 2.24) is 29.7 Å². The van der Waals surface area contributed by atoms with Crippen LogP contribution in [0.2, 0.25) is 13.6 Å². The van der Waals surface area contributed by atoms with Crippen molar-refractivity contribution in [1.29, 1.82) is 0 Å². The van der Waals surface area contributed by atoms with Crippen molar-refractivity contribution in [3.05, 3.63) is 0 Å². The van der Waals surface area contributed by atoms with E-state index >= 15 is 0 Å². The van der Waals surface area contributed by atoms with Crippen LogP contribution in [-0.4, -0.2) is 63.5 Å². The molecule has 1 fully saturated rings. The van der Waals surface area contributed by atoms with Crippen LogP contribution in [0.4, 0.5) is 5.95 Å². The lowest BCUT2D eigenvalue weighted by Gasteiger charge is -2.52. The van der Waals surface area contributed by atoms with Gasteiger partial charge in [0.05, 0.1) is 11.7 Å². The van der Waals surface area contributed by atoms with Gasteiger partial charge in [0.15, 0.2) is 0 Å². The first-order chi connectivity index (χ1) is 10.8. The molecule has 1 atom stereocenters. The van der Waals surface area contributed by atoms with E-state index in [9.17, 15) is 0 Å². The Hall–Kier alpha value is -1.08. The summed E-state index contributed by atoms with van der Waals surface area (Å²) in [5.74, 6) is 0.882. The van der Waals surface area contributed by atoms with Crippen LogP contribution in [0.5, 0.6) is 0 Å². The minimum absolute atomic E-state index is 0.131. The second kappa shape index (κ2) is 6.81. The summed E-state index contributed by atoms with van der Waals surface area (Å²) in [6.07, 6.45) is 2.66. The van der Waals surface area contributed by atoms with Crippen LogP contribution in [0.25, 0.3) is 0 Å². The molecule has 1 saturated heterocycles. The van der Waals surface area contributed by atoms with Gasteiger partial charge in [-0.1, -0.05) is 45.9 Å². The summed E-state index contributed by atoms with van der Waals surface area (Å²) in [5.41, 5.74) is -0.131. The molecular weight excluding hydrogens is 288 g/mol. The number of anilines is 1. The van der Waals surface area contributed by atoms with Crippen LogP contribution < -0.4 is 4.81 Å². The van der Waals surface area contributed by atoms with E-state index in [1.807, 2.05) is 4.68 Å². The van der Waals surface area contributed by atoms with Gasteiger partial charge in [0, 0.05) is 0 Å². The smallest absolute Gasteiger partial charge is 0.333 e. The summed E-state index contributed by atoms with van der Waals surface area (Å²) < 4.78 is 4.48. The highest BCUT2D eigenvalue weighted by atomic mass is 15.7. The predicted octanol–water partition coefficient (Wildman–Crippen LogP) is 1.86. The third-order valence-electron chi connectivity index (χ3n) is 4.94. The highest BCUT2D eigenvalue weighted by molar-refractivity contribution is 6.73. The molecule has 1 unspecified atom stereocenters. The molecule has 0 N–H and O–H groups in total. The van der Waals surface area contributed by atoms with Gasteiger partial charge < -0.3 is 14.3 Å². The zero-order chi connectivity index (χ0) is 17.4. The Morgan fingerprint density at radius 1 is 1.13 bits per heavy atom. The van der Waals surface area contributed by atoms with Crippen molar-refractivity contribution in [2.24, 2.45) is 0 Å². The van der Waals surface area contributed by atoms with E-state index in [0.717, 1.165) is 18.9 Å². The first-order valence-corrected chi connectivity index (χ1v) is 8.87. The molecule has 0 aliphatic carbocycles. The van der Waals surface area contributed by atoms with Gasteiger partial charge in [-0.2, -0.15) is 0 Å². The van der Waals surface area contributed by atoms with E-state index in [2.05, 4.69) is 85.2 Å². The van der Waals surface area contributed by atoms with Crippen LogP contribution in [0.15, 0.2) is 0 Å². The van der Waals surface area contributed by atoms with Gasteiger partial charge in [0.1, 0.15) is 0 Å². The first kappa shape index (κ1) is 18.3. The zero-order valence-electron chi connectivity index (χ0n) is 16.0. The van der Waals surface area contributed by atoms with Crippen LogP contribution in [-0.2, 0) is 5.54 Å². The lowest BCUT2D eigenvalue weighted by Crippen LogP contribution is -2.75. The largest absolute Gasteiger partial charge is 0.353 e. The molecule has 1 aromatic rings. The van der Waals surface area contributed by atoms with E-state index in [1.54, 1.807) is 0 Å². The van der Waals surface area contributed by atoms with Crippen LogP contribution in [0.1, 0.15) is 47.5 Å². The number of aromatic nitrogens is 4. The Morgan fingerprint density at radius 2 is 1.74 bits per heavy atom. The van der Waals surface area contributed by atoms with Crippen molar-refractivity contribution in [2.75, 3.05) is 18.4 Å². The zero-order valence-corrected chi connectivity index (χ0v) is 16.0. The van der Waals surface area contributed by atoms with Crippen molar-refractivity contribution in [2.45, 2.75) is 72.8 Å². The third-order valence-corrected chi connectivity index (χ3v) is 4.94. The number of tetrazole rings is 1. The molecule has 2 aliphatic heterocycles. The summed E-state index contributed by atoms with van der Waals surface area (Å²) in [7, 11) is 2.19. The second-order valence-corrected chi connectivity index (χ2v) is 7.20. The molecular formula is C14H31B2N7. The number of fused-ring (bicyclic) bond motifs is 3. The summed E-state index contributed by atoms with van der Waals surface area (Å²) >= 11 is 0. The van der Waals surface area contributed by atoms with Crippen molar-refractivity contribution < 1.29 is 0 Å². The molecule has 1 aromatic heterocycles. The molecule has 0 bridgehead atoms. The number of hydrogen-bond acceptors (Lipinski definition) is 6. The average molecular weight is 319 g/mol. The van der Waals surface area contributed by atoms with E-state index in [0.29, 0.717) is 14.0 Å². The molecule has 3 rings (SSSR count). The van der Waals surface area contributed by atoms with Gasteiger partial charge in [0.2, 0.25) is 5.95 Å². The molecule has 0 amide bonds. The Bertz CT molecular complexity index is 521. The van der Waals surface area contributed by atoms with Gasteiger partial charge in [-0.05, 0) is 44.3 Å². The van der Waals surface area contributed by atoms with Gasteiger partial charge in [-0.3, -0.25) is 0 Å². The molecule has 3 heterocycles. The molecule has 0 aromatic carbocycles. The standard InChI is InChI=1S/C11H23B2N7.C3H8/c1-7-8-18-12(4)17(6)9-11(2,3)20-10(14-15-16-20)19(9)13(18)5;1-3-2/h9H,7-8H2,1-6H3;3H2,1-2H3. The summed E-state index contributed by atoms with van der Waals surface area (Å²) in [4.78, 5) is 4.78. The van der Waals surface area contributed by atoms with Crippen molar-refractivity contribution in [3.8, 4) is 0 Å². The Balaban J connectivity index is 0.000000595. The Kier molecular flexibility index (Phi) is 5.40. The fourth-order valence-electron chi connectivity index (χ4n) is 3.88. The molecule has 128 valence electrons. The number of likely N-dealkylation sites (N-methyl/N-ethyl adjacent to an activating group) is 1. The number of nitrogens with zero attached hydrogens (tertiary/aromatic N) is 7. The minimum Gasteiger partial charge on any atom is -0.353 e. The lowest BCUT2D eigenvalue weighted by molar-refractivity contribution is 0.187. The quantitative estimate of drug-likeness (QED) is 0.776. The fourth-order valence-corrected chi connectivity index (χ4v) is 3.88. The topological polar surface area (TPSA) is 53.3 Å². The monoisotopic (exact) mass is 319 g/mol. The van der Waals surface area contributed by atoms with Crippen LogP contribution in [0, 0.1) is 0 Å². The van der Waals surface area contributed by atoms with Gasteiger partial charge in [-0.25, -0.2) is 4.68 Å². The normalized spacial score (nSPS) is 23.5. The minimum atomic E-state index is -0.131. The molecule has 7 nitrogen and oxygen atoms in total. The highest BCUT2D eigenvalue weighted by Gasteiger charge is 2.57. The van der Waals surface area contributed by atoms with Crippen molar-refractivity contribution in [3.63, 3.8) is 0 Å². The maximum absolute atomic E-state index is 4.26. The number of rotatable bonds is 2. The molecule has 9 heteroatoms. The van der Waals surface area contributed by atoms with Gasteiger partial charge >= 0.3 is 6.98 Å². The third kappa shape index (κ3) is 2.78. The van der Waals surface area contributed by atoms with E-state index in [1.165, 1.54) is 6.42 Å². The predicted molar refractivity (Wildman–Crippen MR) is 97.4 cm³/mol. The SMILES string of the molecule is CCC.CCCN1B(C)N(C)C2N(B1C)c1nnnn1C2(C)C. The molecule has 23 heavy (non-hydrogen) atoms. The summed E-state index contributed by atoms with van der Waals surface area (Å²) in [6.45, 7) is 17.2. The summed E-state index contributed by atoms with van der Waals surface area (Å²) in [5, 5.41) is 12.3. The van der Waals surface area contributed by atoms with Crippen molar-refractivity contribution >= 4 is 19.9 Å². The first-order valence-electron chi connectivity index (χ1n) is 8.87. The van der Waals surface area contributed by atoms with E-state index < -0.39 is 0 Å².